The SMILES string of the molecule is Cc1c(C(=O)N(C)c2ccc(C(C)(C)C)cc2)nnn1C1CCNCC1. The molecule has 6 nitrogen and oxygen atoms in total. The largest absolute Gasteiger partial charge is 0.317 e. The zero-order valence-electron chi connectivity index (χ0n) is 16.4. The fraction of sp³-hybridized carbons (Fsp3) is 0.550. The molecular formula is C20H29N5O. The van der Waals surface area contributed by atoms with Gasteiger partial charge in [0.1, 0.15) is 0 Å². The third kappa shape index (κ3) is 3.65. The Hall–Kier alpha value is -2.21. The van der Waals surface area contributed by atoms with E-state index in [0.29, 0.717) is 11.7 Å². The number of rotatable bonds is 3. The maximum Gasteiger partial charge on any atom is 0.280 e. The van der Waals surface area contributed by atoms with Gasteiger partial charge in [-0.15, -0.1) is 5.10 Å². The Bertz CT molecular complexity index is 766. The number of carbonyl (C=O) groups is 1. The van der Waals surface area contributed by atoms with Crippen LogP contribution in [0.15, 0.2) is 24.3 Å². The minimum atomic E-state index is -0.119. The lowest BCUT2D eigenvalue weighted by atomic mass is 9.87. The molecule has 1 saturated heterocycles. The number of carbonyl (C=O) groups excluding carboxylic acids is 1. The minimum absolute atomic E-state index is 0.0925. The monoisotopic (exact) mass is 355 g/mol. The molecule has 1 amide bonds. The summed E-state index contributed by atoms with van der Waals surface area (Å²) < 4.78 is 1.92. The first-order valence-corrected chi connectivity index (χ1v) is 9.30. The lowest BCUT2D eigenvalue weighted by Gasteiger charge is -2.23. The molecule has 0 unspecified atom stereocenters. The van der Waals surface area contributed by atoms with E-state index >= 15 is 0 Å². The van der Waals surface area contributed by atoms with Crippen molar-refractivity contribution in [1.29, 1.82) is 0 Å². The molecule has 1 aromatic carbocycles. The van der Waals surface area contributed by atoms with E-state index in [2.05, 4.69) is 48.5 Å². The number of piperidine rings is 1. The highest BCUT2D eigenvalue weighted by atomic mass is 16.2. The topological polar surface area (TPSA) is 63.1 Å². The summed E-state index contributed by atoms with van der Waals surface area (Å²) in [5.41, 5.74) is 3.48. The molecule has 0 saturated carbocycles. The van der Waals surface area contributed by atoms with E-state index in [1.165, 1.54) is 5.56 Å². The summed E-state index contributed by atoms with van der Waals surface area (Å²) in [5, 5.41) is 11.8. The van der Waals surface area contributed by atoms with Crippen LogP contribution < -0.4 is 10.2 Å². The van der Waals surface area contributed by atoms with E-state index in [4.69, 9.17) is 0 Å². The first-order chi connectivity index (χ1) is 12.3. The second-order valence-corrected chi connectivity index (χ2v) is 8.11. The van der Waals surface area contributed by atoms with Crippen molar-refractivity contribution in [1.82, 2.24) is 20.3 Å². The third-order valence-corrected chi connectivity index (χ3v) is 5.21. The van der Waals surface area contributed by atoms with Crippen molar-refractivity contribution >= 4 is 11.6 Å². The van der Waals surface area contributed by atoms with Crippen molar-refractivity contribution in [2.45, 2.75) is 52.0 Å². The molecule has 2 heterocycles. The van der Waals surface area contributed by atoms with Crippen LogP contribution in [0.5, 0.6) is 0 Å². The Kier molecular flexibility index (Phi) is 5.14. The molecule has 1 N–H and O–H groups in total. The Morgan fingerprint density at radius 3 is 2.38 bits per heavy atom. The molecule has 0 spiro atoms. The Morgan fingerprint density at radius 1 is 1.19 bits per heavy atom. The Balaban J connectivity index is 1.79. The van der Waals surface area contributed by atoms with Crippen molar-refractivity contribution in [3.63, 3.8) is 0 Å². The summed E-state index contributed by atoms with van der Waals surface area (Å²) in [5.74, 6) is -0.119. The number of anilines is 1. The number of aromatic nitrogens is 3. The molecule has 3 rings (SSSR count). The first kappa shape index (κ1) is 18.6. The van der Waals surface area contributed by atoms with E-state index in [9.17, 15) is 4.79 Å². The van der Waals surface area contributed by atoms with Gasteiger partial charge in [0.05, 0.1) is 11.7 Å². The molecule has 1 aliphatic heterocycles. The molecule has 0 bridgehead atoms. The van der Waals surface area contributed by atoms with Gasteiger partial charge in [-0.05, 0) is 56.0 Å². The predicted octanol–water partition coefficient (Wildman–Crippen LogP) is 3.09. The van der Waals surface area contributed by atoms with E-state index in [0.717, 1.165) is 37.3 Å². The van der Waals surface area contributed by atoms with Crippen LogP contribution in [-0.2, 0) is 5.41 Å². The maximum atomic E-state index is 12.9. The maximum absolute atomic E-state index is 12.9. The number of nitrogens with one attached hydrogen (secondary N) is 1. The van der Waals surface area contributed by atoms with Crippen LogP contribution in [0.3, 0.4) is 0 Å². The van der Waals surface area contributed by atoms with Gasteiger partial charge in [0.25, 0.3) is 5.91 Å². The number of hydrogen-bond donors (Lipinski definition) is 1. The van der Waals surface area contributed by atoms with Crippen molar-refractivity contribution in [3.8, 4) is 0 Å². The highest BCUT2D eigenvalue weighted by Crippen LogP contribution is 2.26. The standard InChI is InChI=1S/C20H29N5O/c1-14-18(22-23-25(14)17-10-12-21-13-11-17)19(26)24(5)16-8-6-15(7-9-16)20(2,3)4/h6-9,17,21H,10-13H2,1-5H3. The van der Waals surface area contributed by atoms with Gasteiger partial charge in [-0.1, -0.05) is 38.1 Å². The highest BCUT2D eigenvalue weighted by Gasteiger charge is 2.25. The van der Waals surface area contributed by atoms with Gasteiger partial charge in [-0.25, -0.2) is 4.68 Å². The molecule has 1 aromatic heterocycles. The molecule has 0 radical (unpaired) electrons. The smallest absolute Gasteiger partial charge is 0.280 e. The molecule has 6 heteroatoms. The van der Waals surface area contributed by atoms with Gasteiger partial charge in [0, 0.05) is 12.7 Å². The van der Waals surface area contributed by atoms with Crippen molar-refractivity contribution in [2.75, 3.05) is 25.0 Å². The third-order valence-electron chi connectivity index (χ3n) is 5.21. The zero-order chi connectivity index (χ0) is 18.9. The van der Waals surface area contributed by atoms with E-state index in [-0.39, 0.29) is 11.3 Å². The van der Waals surface area contributed by atoms with Crippen molar-refractivity contribution < 1.29 is 4.79 Å². The van der Waals surface area contributed by atoms with Crippen LogP contribution in [-0.4, -0.2) is 41.0 Å². The second-order valence-electron chi connectivity index (χ2n) is 8.11. The molecule has 2 aromatic rings. The second kappa shape index (κ2) is 7.19. The van der Waals surface area contributed by atoms with Crippen LogP contribution in [0.25, 0.3) is 0 Å². The zero-order valence-corrected chi connectivity index (χ0v) is 16.4. The number of benzene rings is 1. The Labute approximate surface area is 155 Å². The van der Waals surface area contributed by atoms with Gasteiger partial charge < -0.3 is 10.2 Å². The fourth-order valence-electron chi connectivity index (χ4n) is 3.40. The molecule has 1 fully saturated rings. The van der Waals surface area contributed by atoms with Gasteiger partial charge in [-0.3, -0.25) is 4.79 Å². The summed E-state index contributed by atoms with van der Waals surface area (Å²) in [6.45, 7) is 10.4. The minimum Gasteiger partial charge on any atom is -0.317 e. The average Bonchev–Trinajstić information content (AvgIpc) is 3.02. The van der Waals surface area contributed by atoms with Crippen LogP contribution in [0, 0.1) is 6.92 Å². The van der Waals surface area contributed by atoms with Gasteiger partial charge in [0.15, 0.2) is 5.69 Å². The van der Waals surface area contributed by atoms with Crippen LogP contribution in [0.4, 0.5) is 5.69 Å². The first-order valence-electron chi connectivity index (χ1n) is 9.30. The highest BCUT2D eigenvalue weighted by molar-refractivity contribution is 6.05. The van der Waals surface area contributed by atoms with E-state index in [1.54, 1.807) is 11.9 Å². The quantitative estimate of drug-likeness (QED) is 0.919. The average molecular weight is 355 g/mol. The molecule has 0 aliphatic carbocycles. The lowest BCUT2D eigenvalue weighted by molar-refractivity contribution is 0.0987. The van der Waals surface area contributed by atoms with E-state index in [1.807, 2.05) is 23.7 Å². The molecule has 26 heavy (non-hydrogen) atoms. The normalized spacial score (nSPS) is 15.9. The molecular weight excluding hydrogens is 326 g/mol. The summed E-state index contributed by atoms with van der Waals surface area (Å²) in [7, 11) is 1.79. The predicted molar refractivity (Wildman–Crippen MR) is 104 cm³/mol. The number of hydrogen-bond acceptors (Lipinski definition) is 4. The summed E-state index contributed by atoms with van der Waals surface area (Å²) in [6, 6.07) is 8.47. The molecule has 0 atom stereocenters. The summed E-state index contributed by atoms with van der Waals surface area (Å²) in [6.07, 6.45) is 2.03. The van der Waals surface area contributed by atoms with Crippen LogP contribution >= 0.6 is 0 Å². The van der Waals surface area contributed by atoms with E-state index < -0.39 is 0 Å². The number of amides is 1. The fourth-order valence-corrected chi connectivity index (χ4v) is 3.40. The number of nitrogens with zero attached hydrogens (tertiary/aromatic N) is 4. The van der Waals surface area contributed by atoms with Crippen molar-refractivity contribution in [3.05, 3.63) is 41.2 Å². The molecule has 1 aliphatic rings. The van der Waals surface area contributed by atoms with Gasteiger partial charge in [0.2, 0.25) is 0 Å². The van der Waals surface area contributed by atoms with Crippen LogP contribution in [0.1, 0.15) is 61.4 Å². The van der Waals surface area contributed by atoms with Gasteiger partial charge >= 0.3 is 0 Å². The summed E-state index contributed by atoms with van der Waals surface area (Å²) >= 11 is 0. The van der Waals surface area contributed by atoms with Crippen molar-refractivity contribution in [2.24, 2.45) is 0 Å². The molecule has 140 valence electrons. The summed E-state index contributed by atoms with van der Waals surface area (Å²) in [4.78, 5) is 14.6. The van der Waals surface area contributed by atoms with Crippen LogP contribution in [0.2, 0.25) is 0 Å². The van der Waals surface area contributed by atoms with Gasteiger partial charge in [-0.2, -0.15) is 0 Å². The lowest BCUT2D eigenvalue weighted by Crippen LogP contribution is -2.31. The Morgan fingerprint density at radius 2 is 1.81 bits per heavy atom.